The van der Waals surface area contributed by atoms with Crippen molar-refractivity contribution in [1.29, 1.82) is 0 Å². The van der Waals surface area contributed by atoms with Crippen molar-refractivity contribution in [2.75, 3.05) is 17.3 Å². The molecule has 8 heteroatoms. The lowest BCUT2D eigenvalue weighted by molar-refractivity contribution is -0.144. The van der Waals surface area contributed by atoms with Gasteiger partial charge in [-0.05, 0) is 24.7 Å². The zero-order valence-electron chi connectivity index (χ0n) is 10.5. The van der Waals surface area contributed by atoms with Crippen LogP contribution < -0.4 is 16.6 Å². The van der Waals surface area contributed by atoms with Crippen LogP contribution in [0.5, 0.6) is 0 Å². The summed E-state index contributed by atoms with van der Waals surface area (Å²) in [6.45, 7) is 2.65. The summed E-state index contributed by atoms with van der Waals surface area (Å²) in [5.41, 5.74) is 2.11. The SMILES string of the molecule is CC(CNc1cc(NN)nc(C(F)(F)F)n1)C1CC1. The molecule has 1 atom stereocenters. The van der Waals surface area contributed by atoms with E-state index in [1.165, 1.54) is 18.9 Å². The van der Waals surface area contributed by atoms with Crippen LogP contribution in [-0.2, 0) is 6.18 Å². The number of rotatable bonds is 5. The third kappa shape index (κ3) is 3.69. The maximum Gasteiger partial charge on any atom is 0.451 e. The minimum Gasteiger partial charge on any atom is -0.370 e. The van der Waals surface area contributed by atoms with Gasteiger partial charge >= 0.3 is 6.18 Å². The molecular formula is C11H16F3N5. The molecule has 0 spiro atoms. The predicted molar refractivity (Wildman–Crippen MR) is 65.2 cm³/mol. The Labute approximate surface area is 108 Å². The van der Waals surface area contributed by atoms with Gasteiger partial charge in [0.15, 0.2) is 0 Å². The first-order valence-corrected chi connectivity index (χ1v) is 6.07. The average molecular weight is 275 g/mol. The normalized spacial score (nSPS) is 17.1. The van der Waals surface area contributed by atoms with Crippen molar-refractivity contribution in [2.24, 2.45) is 17.7 Å². The van der Waals surface area contributed by atoms with E-state index < -0.39 is 12.0 Å². The summed E-state index contributed by atoms with van der Waals surface area (Å²) in [4.78, 5) is 6.75. The van der Waals surface area contributed by atoms with Gasteiger partial charge in [-0.1, -0.05) is 6.92 Å². The number of nitrogens with two attached hydrogens (primary N) is 1. The van der Waals surface area contributed by atoms with Crippen molar-refractivity contribution in [3.05, 3.63) is 11.9 Å². The van der Waals surface area contributed by atoms with Crippen molar-refractivity contribution >= 4 is 11.6 Å². The highest BCUT2D eigenvalue weighted by Gasteiger charge is 2.35. The average Bonchev–Trinajstić information content (AvgIpc) is 3.18. The first-order chi connectivity index (χ1) is 8.90. The van der Waals surface area contributed by atoms with E-state index in [9.17, 15) is 13.2 Å². The maximum atomic E-state index is 12.6. The Morgan fingerprint density at radius 2 is 2.00 bits per heavy atom. The molecule has 4 N–H and O–H groups in total. The zero-order chi connectivity index (χ0) is 14.0. The molecule has 1 aromatic heterocycles. The second kappa shape index (κ2) is 5.20. The van der Waals surface area contributed by atoms with Crippen LogP contribution in [0.1, 0.15) is 25.6 Å². The van der Waals surface area contributed by atoms with Crippen molar-refractivity contribution in [2.45, 2.75) is 25.9 Å². The Kier molecular flexibility index (Phi) is 3.79. The quantitative estimate of drug-likeness (QED) is 0.567. The van der Waals surface area contributed by atoms with Gasteiger partial charge in [-0.2, -0.15) is 13.2 Å². The van der Waals surface area contributed by atoms with Crippen molar-refractivity contribution < 1.29 is 13.2 Å². The number of hydrogen-bond donors (Lipinski definition) is 3. The molecule has 19 heavy (non-hydrogen) atoms. The molecule has 0 aliphatic heterocycles. The zero-order valence-corrected chi connectivity index (χ0v) is 10.5. The second-order valence-electron chi connectivity index (χ2n) is 4.80. The fraction of sp³-hybridized carbons (Fsp3) is 0.636. The fourth-order valence-corrected chi connectivity index (χ4v) is 1.84. The molecule has 1 aliphatic carbocycles. The molecule has 1 unspecified atom stereocenters. The van der Waals surface area contributed by atoms with Gasteiger partial charge in [-0.15, -0.1) is 0 Å². The monoisotopic (exact) mass is 275 g/mol. The van der Waals surface area contributed by atoms with Crippen molar-refractivity contribution in [1.82, 2.24) is 9.97 Å². The molecule has 0 aromatic carbocycles. The Hall–Kier alpha value is -1.57. The van der Waals surface area contributed by atoms with E-state index in [-0.39, 0.29) is 11.6 Å². The minimum absolute atomic E-state index is 0.0658. The lowest BCUT2D eigenvalue weighted by Gasteiger charge is -2.14. The number of nitrogen functional groups attached to an aromatic ring is 1. The van der Waals surface area contributed by atoms with Crippen LogP contribution in [0.25, 0.3) is 0 Å². The van der Waals surface area contributed by atoms with E-state index >= 15 is 0 Å². The minimum atomic E-state index is -4.59. The van der Waals surface area contributed by atoms with Gasteiger partial charge in [-0.3, -0.25) is 0 Å². The smallest absolute Gasteiger partial charge is 0.370 e. The Morgan fingerprint density at radius 1 is 1.37 bits per heavy atom. The molecule has 1 aliphatic rings. The first-order valence-electron chi connectivity index (χ1n) is 6.07. The predicted octanol–water partition coefficient (Wildman–Crippen LogP) is 2.24. The summed E-state index contributed by atoms with van der Waals surface area (Å²) in [5, 5.41) is 2.91. The molecular weight excluding hydrogens is 259 g/mol. The number of nitrogens with zero attached hydrogens (tertiary/aromatic N) is 2. The Bertz CT molecular complexity index is 444. The van der Waals surface area contributed by atoms with E-state index in [1.807, 2.05) is 0 Å². The first kappa shape index (κ1) is 13.9. The highest BCUT2D eigenvalue weighted by molar-refractivity contribution is 5.47. The summed E-state index contributed by atoms with van der Waals surface area (Å²) in [5.74, 6) is 5.05. The number of alkyl halides is 3. The van der Waals surface area contributed by atoms with Gasteiger partial charge in [0.05, 0.1) is 0 Å². The van der Waals surface area contributed by atoms with Crippen LogP contribution in [0.2, 0.25) is 0 Å². The highest BCUT2D eigenvalue weighted by atomic mass is 19.4. The molecule has 106 valence electrons. The topological polar surface area (TPSA) is 75.9 Å². The molecule has 0 saturated heterocycles. The van der Waals surface area contributed by atoms with E-state index in [4.69, 9.17) is 5.84 Å². The highest BCUT2D eigenvalue weighted by Crippen LogP contribution is 2.36. The summed E-state index contributed by atoms with van der Waals surface area (Å²) < 4.78 is 37.8. The molecule has 0 radical (unpaired) electrons. The van der Waals surface area contributed by atoms with Gasteiger partial charge in [0.25, 0.3) is 0 Å². The second-order valence-corrected chi connectivity index (χ2v) is 4.80. The van der Waals surface area contributed by atoms with E-state index in [0.29, 0.717) is 18.4 Å². The molecule has 0 bridgehead atoms. The number of nitrogens with one attached hydrogen (secondary N) is 2. The van der Waals surface area contributed by atoms with Gasteiger partial charge < -0.3 is 10.7 Å². The van der Waals surface area contributed by atoms with Crippen LogP contribution in [0, 0.1) is 11.8 Å². The van der Waals surface area contributed by atoms with Gasteiger partial charge in [0, 0.05) is 12.6 Å². The van der Waals surface area contributed by atoms with Crippen LogP contribution in [0.4, 0.5) is 24.8 Å². The lowest BCUT2D eigenvalue weighted by atomic mass is 10.1. The Morgan fingerprint density at radius 3 is 2.53 bits per heavy atom. The van der Waals surface area contributed by atoms with E-state index in [0.717, 1.165) is 0 Å². The van der Waals surface area contributed by atoms with Gasteiger partial charge in [0.1, 0.15) is 11.6 Å². The number of aromatic nitrogens is 2. The third-order valence-electron chi connectivity index (χ3n) is 3.16. The van der Waals surface area contributed by atoms with Crippen LogP contribution in [0.15, 0.2) is 6.07 Å². The van der Waals surface area contributed by atoms with Crippen LogP contribution >= 0.6 is 0 Å². The summed E-state index contributed by atoms with van der Waals surface area (Å²) in [7, 11) is 0. The molecule has 0 amide bonds. The van der Waals surface area contributed by atoms with Crippen molar-refractivity contribution in [3.63, 3.8) is 0 Å². The fourth-order valence-electron chi connectivity index (χ4n) is 1.84. The number of hydrazine groups is 1. The van der Waals surface area contributed by atoms with Crippen LogP contribution in [-0.4, -0.2) is 16.5 Å². The molecule has 5 nitrogen and oxygen atoms in total. The summed E-state index contributed by atoms with van der Waals surface area (Å²) >= 11 is 0. The number of anilines is 2. The Balaban J connectivity index is 2.09. The molecule has 1 heterocycles. The van der Waals surface area contributed by atoms with Crippen molar-refractivity contribution in [3.8, 4) is 0 Å². The van der Waals surface area contributed by atoms with Crippen LogP contribution in [0.3, 0.4) is 0 Å². The molecule has 2 rings (SSSR count). The van der Waals surface area contributed by atoms with E-state index in [2.05, 4.69) is 27.6 Å². The lowest BCUT2D eigenvalue weighted by Crippen LogP contribution is -2.19. The van der Waals surface area contributed by atoms with Gasteiger partial charge in [0.2, 0.25) is 5.82 Å². The standard InChI is InChI=1S/C11H16F3N5/c1-6(7-2-3-7)5-16-8-4-9(19-15)18-10(17-8)11(12,13)14/h4,6-7H,2-3,5,15H2,1H3,(H2,16,17,18,19). The van der Waals surface area contributed by atoms with E-state index in [1.54, 1.807) is 0 Å². The number of hydrogen-bond acceptors (Lipinski definition) is 5. The third-order valence-corrected chi connectivity index (χ3v) is 3.16. The molecule has 1 fully saturated rings. The molecule has 1 saturated carbocycles. The summed E-state index contributed by atoms with van der Waals surface area (Å²) in [6, 6.07) is 1.36. The molecule has 1 aromatic rings. The summed E-state index contributed by atoms with van der Waals surface area (Å²) in [6.07, 6.45) is -2.21. The number of halogens is 3. The van der Waals surface area contributed by atoms with Gasteiger partial charge in [-0.25, -0.2) is 15.8 Å². The maximum absolute atomic E-state index is 12.6. The largest absolute Gasteiger partial charge is 0.451 e.